The van der Waals surface area contributed by atoms with Crippen LogP contribution < -0.4 is 16.0 Å². The molecule has 1 atom stereocenters. The minimum Gasteiger partial charge on any atom is -0.353 e. The molecule has 3 N–H and O–H groups in total. The molecule has 0 saturated carbocycles. The number of hydrogen-bond acceptors (Lipinski definition) is 5. The van der Waals surface area contributed by atoms with Gasteiger partial charge in [0.2, 0.25) is 0 Å². The van der Waals surface area contributed by atoms with Gasteiger partial charge in [0.05, 0.1) is 6.20 Å². The van der Waals surface area contributed by atoms with E-state index in [1.165, 1.54) is 0 Å². The molecule has 1 unspecified atom stereocenters. The second kappa shape index (κ2) is 11.0. The van der Waals surface area contributed by atoms with E-state index in [1.807, 2.05) is 24.3 Å². The monoisotopic (exact) mass is 397 g/mol. The van der Waals surface area contributed by atoms with Gasteiger partial charge in [-0.25, -0.2) is 4.98 Å². The van der Waals surface area contributed by atoms with Crippen LogP contribution >= 0.6 is 24.8 Å². The zero-order valence-corrected chi connectivity index (χ0v) is 16.1. The SMILES string of the molecule is Cl.Cl.NCCc1ccc(C(=O)NC2CCCN(c3cnccn3)C2)cc1. The van der Waals surface area contributed by atoms with Gasteiger partial charge in [-0.2, -0.15) is 0 Å². The van der Waals surface area contributed by atoms with Gasteiger partial charge in [-0.05, 0) is 43.5 Å². The van der Waals surface area contributed by atoms with Gasteiger partial charge < -0.3 is 16.0 Å². The lowest BCUT2D eigenvalue weighted by atomic mass is 10.0. The summed E-state index contributed by atoms with van der Waals surface area (Å²) in [7, 11) is 0. The van der Waals surface area contributed by atoms with Gasteiger partial charge in [-0.3, -0.25) is 9.78 Å². The Morgan fingerprint density at radius 2 is 2.00 bits per heavy atom. The molecule has 1 amide bonds. The van der Waals surface area contributed by atoms with Crippen LogP contribution in [0, 0.1) is 0 Å². The Bertz CT molecular complexity index is 669. The van der Waals surface area contributed by atoms with Crippen molar-refractivity contribution < 1.29 is 4.79 Å². The smallest absolute Gasteiger partial charge is 0.251 e. The normalized spacial score (nSPS) is 16.2. The molecule has 6 nitrogen and oxygen atoms in total. The van der Waals surface area contributed by atoms with Gasteiger partial charge in [-0.1, -0.05) is 12.1 Å². The highest BCUT2D eigenvalue weighted by Crippen LogP contribution is 2.17. The number of rotatable bonds is 5. The number of nitrogens with two attached hydrogens (primary N) is 1. The van der Waals surface area contributed by atoms with Crippen molar-refractivity contribution >= 4 is 36.5 Å². The quantitative estimate of drug-likeness (QED) is 0.807. The molecule has 1 saturated heterocycles. The maximum absolute atomic E-state index is 12.4. The minimum atomic E-state index is -0.0275. The summed E-state index contributed by atoms with van der Waals surface area (Å²) >= 11 is 0. The number of carbonyl (C=O) groups is 1. The zero-order valence-electron chi connectivity index (χ0n) is 14.5. The van der Waals surface area contributed by atoms with E-state index in [1.54, 1.807) is 18.6 Å². The lowest BCUT2D eigenvalue weighted by Crippen LogP contribution is -2.48. The molecule has 142 valence electrons. The number of aromatic nitrogens is 2. The van der Waals surface area contributed by atoms with Gasteiger partial charge >= 0.3 is 0 Å². The van der Waals surface area contributed by atoms with E-state index >= 15 is 0 Å². The summed E-state index contributed by atoms with van der Waals surface area (Å²) in [6.45, 7) is 2.32. The van der Waals surface area contributed by atoms with Crippen molar-refractivity contribution in [2.45, 2.75) is 25.3 Å². The number of nitrogens with one attached hydrogen (secondary N) is 1. The molecule has 0 aliphatic carbocycles. The average molecular weight is 398 g/mol. The maximum Gasteiger partial charge on any atom is 0.251 e. The van der Waals surface area contributed by atoms with Crippen molar-refractivity contribution in [2.75, 3.05) is 24.5 Å². The molecule has 2 aromatic rings. The maximum atomic E-state index is 12.4. The van der Waals surface area contributed by atoms with Gasteiger partial charge in [-0.15, -0.1) is 24.8 Å². The molecule has 1 aliphatic rings. The van der Waals surface area contributed by atoms with Gasteiger partial charge in [0.25, 0.3) is 5.91 Å². The molecule has 26 heavy (non-hydrogen) atoms. The molecule has 8 heteroatoms. The topological polar surface area (TPSA) is 84.1 Å². The van der Waals surface area contributed by atoms with E-state index in [4.69, 9.17) is 5.73 Å². The molecular weight excluding hydrogens is 373 g/mol. The third kappa shape index (κ3) is 5.83. The predicted molar refractivity (Wildman–Crippen MR) is 108 cm³/mol. The van der Waals surface area contributed by atoms with Crippen molar-refractivity contribution in [2.24, 2.45) is 5.73 Å². The first-order chi connectivity index (χ1) is 11.8. The number of nitrogens with zero attached hydrogens (tertiary/aromatic N) is 3. The Balaban J connectivity index is 0.00000169. The van der Waals surface area contributed by atoms with E-state index in [9.17, 15) is 4.79 Å². The van der Waals surface area contributed by atoms with Crippen molar-refractivity contribution in [3.05, 3.63) is 54.0 Å². The molecule has 2 heterocycles. The Kier molecular flexibility index (Phi) is 9.34. The molecule has 1 aliphatic heterocycles. The Hall–Kier alpha value is -1.89. The van der Waals surface area contributed by atoms with E-state index in [0.717, 1.165) is 43.7 Å². The van der Waals surface area contributed by atoms with Crippen LogP contribution in [0.15, 0.2) is 42.9 Å². The number of hydrogen-bond donors (Lipinski definition) is 2. The van der Waals surface area contributed by atoms with E-state index in [0.29, 0.717) is 12.1 Å². The fraction of sp³-hybridized carbons (Fsp3) is 0.389. The van der Waals surface area contributed by atoms with E-state index in [-0.39, 0.29) is 36.8 Å². The second-order valence-electron chi connectivity index (χ2n) is 6.06. The number of amides is 1. The zero-order chi connectivity index (χ0) is 16.8. The summed E-state index contributed by atoms with van der Waals surface area (Å²) in [5, 5.41) is 3.13. The minimum absolute atomic E-state index is 0. The van der Waals surface area contributed by atoms with Crippen LogP contribution in [-0.4, -0.2) is 41.6 Å². The number of carbonyl (C=O) groups excluding carboxylic acids is 1. The van der Waals surface area contributed by atoms with Gasteiger partial charge in [0.1, 0.15) is 5.82 Å². The van der Waals surface area contributed by atoms with E-state index < -0.39 is 0 Å². The summed E-state index contributed by atoms with van der Waals surface area (Å²) in [6, 6.07) is 7.79. The first-order valence-electron chi connectivity index (χ1n) is 8.37. The van der Waals surface area contributed by atoms with Crippen LogP contribution in [0.5, 0.6) is 0 Å². The van der Waals surface area contributed by atoms with Crippen molar-refractivity contribution in [3.8, 4) is 0 Å². The standard InChI is InChI=1S/C18H23N5O.2ClH/c19-8-7-14-3-5-15(6-4-14)18(24)22-16-2-1-11-23(13-16)17-12-20-9-10-21-17;;/h3-6,9-10,12,16H,1-2,7-8,11,13,19H2,(H,22,24);2*1H. The van der Waals surface area contributed by atoms with Gasteiger partial charge in [0, 0.05) is 37.1 Å². The molecule has 1 aromatic heterocycles. The summed E-state index contributed by atoms with van der Waals surface area (Å²) in [6.07, 6.45) is 7.96. The van der Waals surface area contributed by atoms with Crippen LogP contribution in [0.4, 0.5) is 5.82 Å². The second-order valence-corrected chi connectivity index (χ2v) is 6.06. The molecule has 0 spiro atoms. The summed E-state index contributed by atoms with van der Waals surface area (Å²) in [5.41, 5.74) is 7.39. The van der Waals surface area contributed by atoms with Crippen molar-refractivity contribution in [1.29, 1.82) is 0 Å². The Labute approximate surface area is 166 Å². The number of anilines is 1. The third-order valence-electron chi connectivity index (χ3n) is 4.28. The van der Waals surface area contributed by atoms with Crippen molar-refractivity contribution in [3.63, 3.8) is 0 Å². The first kappa shape index (κ1) is 22.2. The number of benzene rings is 1. The molecule has 0 radical (unpaired) electrons. The summed E-state index contributed by atoms with van der Waals surface area (Å²) < 4.78 is 0. The fourth-order valence-corrected chi connectivity index (χ4v) is 3.02. The Morgan fingerprint density at radius 3 is 2.65 bits per heavy atom. The van der Waals surface area contributed by atoms with Crippen LogP contribution in [-0.2, 0) is 6.42 Å². The molecule has 3 rings (SSSR count). The average Bonchev–Trinajstić information content (AvgIpc) is 2.63. The molecule has 1 aromatic carbocycles. The first-order valence-corrected chi connectivity index (χ1v) is 8.37. The molecule has 0 bridgehead atoms. The molecular formula is C18H25Cl2N5O. The lowest BCUT2D eigenvalue weighted by molar-refractivity contribution is 0.0933. The third-order valence-corrected chi connectivity index (χ3v) is 4.28. The highest BCUT2D eigenvalue weighted by molar-refractivity contribution is 5.94. The van der Waals surface area contributed by atoms with Crippen LogP contribution in [0.25, 0.3) is 0 Å². The molecule has 1 fully saturated rings. The van der Waals surface area contributed by atoms with Crippen molar-refractivity contribution in [1.82, 2.24) is 15.3 Å². The van der Waals surface area contributed by atoms with Crippen LogP contribution in [0.3, 0.4) is 0 Å². The highest BCUT2D eigenvalue weighted by Gasteiger charge is 2.22. The highest BCUT2D eigenvalue weighted by atomic mass is 35.5. The van der Waals surface area contributed by atoms with Crippen LogP contribution in [0.2, 0.25) is 0 Å². The number of halogens is 2. The van der Waals surface area contributed by atoms with Gasteiger partial charge in [0.15, 0.2) is 0 Å². The predicted octanol–water partition coefficient (Wildman–Crippen LogP) is 2.22. The van der Waals surface area contributed by atoms with E-state index in [2.05, 4.69) is 20.2 Å². The van der Waals surface area contributed by atoms with Crippen LogP contribution in [0.1, 0.15) is 28.8 Å². The fourth-order valence-electron chi connectivity index (χ4n) is 3.02. The largest absolute Gasteiger partial charge is 0.353 e. The lowest BCUT2D eigenvalue weighted by Gasteiger charge is -2.33. The Morgan fingerprint density at radius 1 is 1.23 bits per heavy atom. The summed E-state index contributed by atoms with van der Waals surface area (Å²) in [4.78, 5) is 23.1. The number of piperidine rings is 1. The summed E-state index contributed by atoms with van der Waals surface area (Å²) in [5.74, 6) is 0.836.